The Bertz CT molecular complexity index is 1330. The maximum Gasteiger partial charge on any atom is 0.250 e. The van der Waals surface area contributed by atoms with Crippen LogP contribution in [-0.2, 0) is 4.79 Å². The summed E-state index contributed by atoms with van der Waals surface area (Å²) in [5, 5.41) is 13.5. The number of thioether (sulfide) groups is 1. The second-order valence-electron chi connectivity index (χ2n) is 8.61. The Morgan fingerprint density at radius 3 is 2.36 bits per heavy atom. The summed E-state index contributed by atoms with van der Waals surface area (Å²) in [6.45, 7) is 6.35. The van der Waals surface area contributed by atoms with Gasteiger partial charge in [0.15, 0.2) is 11.0 Å². The number of methoxy groups -OCH3 is 1. The SMILES string of the molecule is COc1ccc(-c2nnc(SCC(=O)N/N=C/c3ccc(C(C)C)cc3)n2-c2ccc(C)cc2)cc1. The van der Waals surface area contributed by atoms with Crippen molar-refractivity contribution in [3.8, 4) is 22.8 Å². The minimum atomic E-state index is -0.223. The molecular weight excluding hydrogens is 470 g/mol. The molecule has 8 heteroatoms. The lowest BCUT2D eigenvalue weighted by molar-refractivity contribution is -0.118. The Labute approximate surface area is 215 Å². The monoisotopic (exact) mass is 499 g/mol. The standard InChI is InChI=1S/C28H29N5O2S/c1-19(2)22-9-7-21(8-10-22)17-29-30-26(34)18-36-28-32-31-27(23-11-15-25(35-4)16-12-23)33(28)24-13-5-20(3)6-14-24/h5-17,19H,18H2,1-4H3,(H,30,34)/b29-17+. The van der Waals surface area contributed by atoms with E-state index in [0.717, 1.165) is 28.1 Å². The first kappa shape index (κ1) is 25.2. The number of aromatic nitrogens is 3. The van der Waals surface area contributed by atoms with E-state index < -0.39 is 0 Å². The zero-order chi connectivity index (χ0) is 25.5. The summed E-state index contributed by atoms with van der Waals surface area (Å²) < 4.78 is 7.23. The third-order valence-electron chi connectivity index (χ3n) is 5.61. The van der Waals surface area contributed by atoms with Crippen molar-refractivity contribution < 1.29 is 9.53 Å². The van der Waals surface area contributed by atoms with Gasteiger partial charge in [0.25, 0.3) is 5.91 Å². The van der Waals surface area contributed by atoms with E-state index in [9.17, 15) is 4.79 Å². The average molecular weight is 500 g/mol. The minimum Gasteiger partial charge on any atom is -0.497 e. The molecule has 0 fully saturated rings. The molecule has 4 rings (SSSR count). The predicted molar refractivity (Wildman–Crippen MR) is 145 cm³/mol. The number of rotatable bonds is 9. The minimum absolute atomic E-state index is 0.149. The summed E-state index contributed by atoms with van der Waals surface area (Å²) in [5.41, 5.74) is 7.76. The number of aryl methyl sites for hydroxylation is 1. The highest BCUT2D eigenvalue weighted by Crippen LogP contribution is 2.29. The Morgan fingerprint density at radius 2 is 1.72 bits per heavy atom. The molecule has 1 aromatic heterocycles. The van der Waals surface area contributed by atoms with Crippen LogP contribution in [0.2, 0.25) is 0 Å². The average Bonchev–Trinajstić information content (AvgIpc) is 3.32. The normalized spacial score (nSPS) is 11.2. The first-order valence-corrected chi connectivity index (χ1v) is 12.6. The fourth-order valence-corrected chi connectivity index (χ4v) is 4.27. The van der Waals surface area contributed by atoms with Crippen LogP contribution in [0.3, 0.4) is 0 Å². The van der Waals surface area contributed by atoms with E-state index in [0.29, 0.717) is 16.9 Å². The Hall–Kier alpha value is -3.91. The number of benzene rings is 3. The largest absolute Gasteiger partial charge is 0.497 e. The van der Waals surface area contributed by atoms with Crippen LogP contribution >= 0.6 is 11.8 Å². The molecule has 0 saturated heterocycles. The van der Waals surface area contributed by atoms with E-state index in [2.05, 4.69) is 46.7 Å². The fraction of sp³-hybridized carbons (Fsp3) is 0.214. The third kappa shape index (κ3) is 6.20. The summed E-state index contributed by atoms with van der Waals surface area (Å²) in [7, 11) is 1.64. The van der Waals surface area contributed by atoms with Gasteiger partial charge in [-0.25, -0.2) is 5.43 Å². The van der Waals surface area contributed by atoms with Crippen LogP contribution in [0.5, 0.6) is 5.75 Å². The number of ether oxygens (including phenoxy) is 1. The second kappa shape index (κ2) is 11.7. The second-order valence-corrected chi connectivity index (χ2v) is 9.55. The van der Waals surface area contributed by atoms with Crippen molar-refractivity contribution in [2.24, 2.45) is 5.10 Å². The highest BCUT2D eigenvalue weighted by molar-refractivity contribution is 7.99. The number of hydrazone groups is 1. The summed E-state index contributed by atoms with van der Waals surface area (Å²) in [6.07, 6.45) is 1.64. The van der Waals surface area contributed by atoms with Gasteiger partial charge in [0, 0.05) is 11.3 Å². The zero-order valence-electron chi connectivity index (χ0n) is 20.8. The number of nitrogens with one attached hydrogen (secondary N) is 1. The molecular formula is C28H29N5O2S. The van der Waals surface area contributed by atoms with Crippen LogP contribution in [0.4, 0.5) is 0 Å². The van der Waals surface area contributed by atoms with Gasteiger partial charge in [0.1, 0.15) is 5.75 Å². The number of amides is 1. The maximum absolute atomic E-state index is 12.5. The van der Waals surface area contributed by atoms with Gasteiger partial charge in [-0.3, -0.25) is 9.36 Å². The Morgan fingerprint density at radius 1 is 1.03 bits per heavy atom. The summed E-state index contributed by atoms with van der Waals surface area (Å²) >= 11 is 1.31. The molecule has 1 amide bonds. The molecule has 0 spiro atoms. The molecule has 0 atom stereocenters. The predicted octanol–water partition coefficient (Wildman–Crippen LogP) is 5.62. The number of nitrogens with zero attached hydrogens (tertiary/aromatic N) is 4. The van der Waals surface area contributed by atoms with Crippen molar-refractivity contribution in [2.75, 3.05) is 12.9 Å². The van der Waals surface area contributed by atoms with Crippen LogP contribution in [-0.4, -0.2) is 39.7 Å². The van der Waals surface area contributed by atoms with Gasteiger partial charge in [-0.2, -0.15) is 5.10 Å². The summed E-state index contributed by atoms with van der Waals surface area (Å²) in [4.78, 5) is 12.5. The van der Waals surface area contributed by atoms with Crippen LogP contribution in [0, 0.1) is 6.92 Å². The van der Waals surface area contributed by atoms with Gasteiger partial charge in [-0.05, 0) is 60.4 Å². The molecule has 36 heavy (non-hydrogen) atoms. The van der Waals surface area contributed by atoms with E-state index >= 15 is 0 Å². The van der Waals surface area contributed by atoms with Crippen molar-refractivity contribution in [3.05, 3.63) is 89.5 Å². The van der Waals surface area contributed by atoms with E-state index in [4.69, 9.17) is 4.74 Å². The van der Waals surface area contributed by atoms with Crippen LogP contribution < -0.4 is 10.2 Å². The molecule has 1 heterocycles. The Kier molecular flexibility index (Phi) is 8.17. The van der Waals surface area contributed by atoms with Crippen LogP contribution in [0.25, 0.3) is 17.1 Å². The van der Waals surface area contributed by atoms with Crippen molar-refractivity contribution in [2.45, 2.75) is 31.8 Å². The highest BCUT2D eigenvalue weighted by atomic mass is 32.2. The zero-order valence-corrected chi connectivity index (χ0v) is 21.6. The van der Waals surface area contributed by atoms with E-state index in [-0.39, 0.29) is 11.7 Å². The molecule has 7 nitrogen and oxygen atoms in total. The molecule has 0 unspecified atom stereocenters. The van der Waals surface area contributed by atoms with Gasteiger partial charge in [-0.1, -0.05) is 67.6 Å². The molecule has 0 aliphatic rings. The van der Waals surface area contributed by atoms with E-state index in [1.54, 1.807) is 13.3 Å². The smallest absolute Gasteiger partial charge is 0.250 e. The lowest BCUT2D eigenvalue weighted by Crippen LogP contribution is -2.20. The lowest BCUT2D eigenvalue weighted by atomic mass is 10.0. The molecule has 0 saturated carbocycles. The third-order valence-corrected chi connectivity index (χ3v) is 6.54. The topological polar surface area (TPSA) is 81.4 Å². The maximum atomic E-state index is 12.5. The van der Waals surface area contributed by atoms with Gasteiger partial charge >= 0.3 is 0 Å². The fourth-order valence-electron chi connectivity index (χ4n) is 3.53. The highest BCUT2D eigenvalue weighted by Gasteiger charge is 2.17. The molecule has 0 bridgehead atoms. The van der Waals surface area contributed by atoms with Crippen molar-refractivity contribution in [1.29, 1.82) is 0 Å². The van der Waals surface area contributed by atoms with E-state index in [1.165, 1.54) is 17.3 Å². The van der Waals surface area contributed by atoms with E-state index in [1.807, 2.05) is 72.2 Å². The number of carbonyl (C=O) groups is 1. The molecule has 0 radical (unpaired) electrons. The van der Waals surface area contributed by atoms with Crippen LogP contribution in [0.15, 0.2) is 83.1 Å². The number of hydrogen-bond acceptors (Lipinski definition) is 6. The lowest BCUT2D eigenvalue weighted by Gasteiger charge is -2.11. The summed E-state index contributed by atoms with van der Waals surface area (Å²) in [6, 6.07) is 23.9. The molecule has 3 aromatic carbocycles. The molecule has 1 N–H and O–H groups in total. The van der Waals surface area contributed by atoms with Crippen LogP contribution in [0.1, 0.15) is 36.5 Å². The van der Waals surface area contributed by atoms with Gasteiger partial charge in [-0.15, -0.1) is 10.2 Å². The molecule has 184 valence electrons. The number of carbonyl (C=O) groups excluding carboxylic acids is 1. The molecule has 0 aliphatic carbocycles. The first-order valence-electron chi connectivity index (χ1n) is 11.7. The molecule has 4 aromatic rings. The van der Waals surface area contributed by atoms with Gasteiger partial charge in [0.05, 0.1) is 19.1 Å². The van der Waals surface area contributed by atoms with Crippen molar-refractivity contribution in [3.63, 3.8) is 0 Å². The molecule has 0 aliphatic heterocycles. The first-order chi connectivity index (χ1) is 17.4. The number of hydrogen-bond donors (Lipinski definition) is 1. The quantitative estimate of drug-likeness (QED) is 0.184. The Balaban J connectivity index is 1.47. The van der Waals surface area contributed by atoms with Crippen molar-refractivity contribution >= 4 is 23.9 Å². The van der Waals surface area contributed by atoms with Crippen molar-refractivity contribution in [1.82, 2.24) is 20.2 Å². The van der Waals surface area contributed by atoms with Gasteiger partial charge < -0.3 is 4.74 Å². The summed E-state index contributed by atoms with van der Waals surface area (Å²) in [5.74, 6) is 1.85. The van der Waals surface area contributed by atoms with Gasteiger partial charge in [0.2, 0.25) is 0 Å².